The van der Waals surface area contributed by atoms with E-state index in [0.717, 1.165) is 30.8 Å². The molecule has 0 spiro atoms. The van der Waals surface area contributed by atoms with E-state index >= 15 is 0 Å². The lowest BCUT2D eigenvalue weighted by molar-refractivity contribution is -0.121. The largest absolute Gasteiger partial charge is 0.493 e. The van der Waals surface area contributed by atoms with Crippen molar-refractivity contribution in [2.45, 2.75) is 26.2 Å². The minimum absolute atomic E-state index is 0.0352. The van der Waals surface area contributed by atoms with Crippen LogP contribution < -0.4 is 15.4 Å². The van der Waals surface area contributed by atoms with Crippen LogP contribution in [0.5, 0.6) is 5.75 Å². The fourth-order valence-corrected chi connectivity index (χ4v) is 2.21. The normalized spacial score (nSPS) is 13.1. The zero-order valence-corrected chi connectivity index (χ0v) is 11.7. The number of ether oxygens (including phenoxy) is 1. The summed E-state index contributed by atoms with van der Waals surface area (Å²) in [5.74, 6) is 0.812. The number of amides is 2. The summed E-state index contributed by atoms with van der Waals surface area (Å²) in [6, 6.07) is 5.91. The third kappa shape index (κ3) is 4.26. The summed E-state index contributed by atoms with van der Waals surface area (Å²) in [4.78, 5) is 22.5. The highest BCUT2D eigenvalue weighted by Gasteiger charge is 2.11. The zero-order valence-electron chi connectivity index (χ0n) is 11.7. The van der Waals surface area contributed by atoms with Gasteiger partial charge in [0.15, 0.2) is 0 Å². The molecule has 1 aromatic rings. The molecule has 0 atom stereocenters. The summed E-state index contributed by atoms with van der Waals surface area (Å²) in [5.41, 5.74) is 2.17. The van der Waals surface area contributed by atoms with Crippen LogP contribution in [0.3, 0.4) is 0 Å². The standard InChI is InChI=1S/C15H20N2O3/c1-11(18)16-6-7-17-15(19)10-12-4-5-14-13(9-12)3-2-8-20-14/h4-5,9H,2-3,6-8,10H2,1H3,(H,16,18)(H,17,19). The van der Waals surface area contributed by atoms with E-state index in [1.165, 1.54) is 12.5 Å². The van der Waals surface area contributed by atoms with Crippen molar-refractivity contribution in [2.24, 2.45) is 0 Å². The average molecular weight is 276 g/mol. The van der Waals surface area contributed by atoms with Crippen molar-refractivity contribution >= 4 is 11.8 Å². The highest BCUT2D eigenvalue weighted by atomic mass is 16.5. The molecule has 0 unspecified atom stereocenters. The molecule has 1 aliphatic rings. The Labute approximate surface area is 118 Å². The molecule has 0 saturated carbocycles. The van der Waals surface area contributed by atoms with Crippen LogP contribution in [-0.4, -0.2) is 31.5 Å². The first-order valence-corrected chi connectivity index (χ1v) is 6.91. The topological polar surface area (TPSA) is 67.4 Å². The summed E-state index contributed by atoms with van der Waals surface area (Å²) in [5, 5.41) is 5.42. The van der Waals surface area contributed by atoms with Gasteiger partial charge >= 0.3 is 0 Å². The van der Waals surface area contributed by atoms with Crippen LogP contribution >= 0.6 is 0 Å². The van der Waals surface area contributed by atoms with E-state index < -0.39 is 0 Å². The molecule has 1 aliphatic heterocycles. The van der Waals surface area contributed by atoms with Gasteiger partial charge in [-0.1, -0.05) is 12.1 Å². The predicted molar refractivity (Wildman–Crippen MR) is 75.7 cm³/mol. The van der Waals surface area contributed by atoms with E-state index in [0.29, 0.717) is 19.5 Å². The third-order valence-corrected chi connectivity index (χ3v) is 3.16. The Bertz CT molecular complexity index is 500. The van der Waals surface area contributed by atoms with Gasteiger partial charge < -0.3 is 15.4 Å². The fraction of sp³-hybridized carbons (Fsp3) is 0.467. The first kappa shape index (κ1) is 14.4. The van der Waals surface area contributed by atoms with E-state index in [4.69, 9.17) is 4.74 Å². The van der Waals surface area contributed by atoms with Crippen molar-refractivity contribution in [1.82, 2.24) is 10.6 Å². The van der Waals surface area contributed by atoms with Gasteiger partial charge in [-0.15, -0.1) is 0 Å². The van der Waals surface area contributed by atoms with Crippen LogP contribution in [0.1, 0.15) is 24.5 Å². The molecule has 1 aromatic carbocycles. The van der Waals surface area contributed by atoms with E-state index in [-0.39, 0.29) is 11.8 Å². The second-order valence-corrected chi connectivity index (χ2v) is 4.90. The lowest BCUT2D eigenvalue weighted by Crippen LogP contribution is -2.34. The second kappa shape index (κ2) is 6.93. The van der Waals surface area contributed by atoms with Crippen LogP contribution in [0.25, 0.3) is 0 Å². The molecule has 1 heterocycles. The van der Waals surface area contributed by atoms with E-state index in [2.05, 4.69) is 10.6 Å². The van der Waals surface area contributed by atoms with E-state index in [1.807, 2.05) is 18.2 Å². The third-order valence-electron chi connectivity index (χ3n) is 3.16. The summed E-state index contributed by atoms with van der Waals surface area (Å²) in [6.07, 6.45) is 2.39. The van der Waals surface area contributed by atoms with E-state index in [9.17, 15) is 9.59 Å². The Kier molecular flexibility index (Phi) is 4.98. The number of fused-ring (bicyclic) bond motifs is 1. The van der Waals surface area contributed by atoms with Crippen LogP contribution in [0.2, 0.25) is 0 Å². The Balaban J connectivity index is 1.80. The first-order valence-electron chi connectivity index (χ1n) is 6.91. The monoisotopic (exact) mass is 276 g/mol. The van der Waals surface area contributed by atoms with Gasteiger partial charge in [-0.05, 0) is 30.0 Å². The lowest BCUT2D eigenvalue weighted by Gasteiger charge is -2.17. The molecule has 0 fully saturated rings. The minimum Gasteiger partial charge on any atom is -0.493 e. The molecule has 0 radical (unpaired) electrons. The number of aryl methyl sites for hydroxylation is 1. The number of carbonyl (C=O) groups excluding carboxylic acids is 2. The molecule has 0 bridgehead atoms. The van der Waals surface area contributed by atoms with Gasteiger partial charge in [0, 0.05) is 20.0 Å². The quantitative estimate of drug-likeness (QED) is 0.782. The van der Waals surface area contributed by atoms with Gasteiger partial charge in [0.2, 0.25) is 11.8 Å². The van der Waals surface area contributed by atoms with Crippen molar-refractivity contribution in [1.29, 1.82) is 0 Å². The number of hydrogen-bond acceptors (Lipinski definition) is 3. The van der Waals surface area contributed by atoms with Crippen molar-refractivity contribution in [3.63, 3.8) is 0 Å². The van der Waals surface area contributed by atoms with Gasteiger partial charge in [0.1, 0.15) is 5.75 Å². The molecule has 0 aromatic heterocycles. The van der Waals surface area contributed by atoms with Gasteiger partial charge in [0.05, 0.1) is 13.0 Å². The Morgan fingerprint density at radius 2 is 2.05 bits per heavy atom. The molecule has 2 amide bonds. The maximum absolute atomic E-state index is 11.8. The van der Waals surface area contributed by atoms with Crippen LogP contribution in [-0.2, 0) is 22.4 Å². The molecule has 5 nitrogen and oxygen atoms in total. The number of rotatable bonds is 5. The smallest absolute Gasteiger partial charge is 0.224 e. The molecule has 2 N–H and O–H groups in total. The lowest BCUT2D eigenvalue weighted by atomic mass is 10.0. The summed E-state index contributed by atoms with van der Waals surface area (Å²) in [7, 11) is 0. The molecular weight excluding hydrogens is 256 g/mol. The predicted octanol–water partition coefficient (Wildman–Crippen LogP) is 0.806. The van der Waals surface area contributed by atoms with Gasteiger partial charge in [-0.2, -0.15) is 0 Å². The maximum Gasteiger partial charge on any atom is 0.224 e. The summed E-state index contributed by atoms with van der Waals surface area (Å²) < 4.78 is 5.54. The molecule has 108 valence electrons. The number of nitrogens with one attached hydrogen (secondary N) is 2. The van der Waals surface area contributed by atoms with E-state index in [1.54, 1.807) is 0 Å². The average Bonchev–Trinajstić information content (AvgIpc) is 2.43. The number of carbonyl (C=O) groups is 2. The summed E-state index contributed by atoms with van der Waals surface area (Å²) in [6.45, 7) is 3.14. The second-order valence-electron chi connectivity index (χ2n) is 4.90. The molecule has 2 rings (SSSR count). The molecular formula is C15H20N2O3. The Morgan fingerprint density at radius 1 is 1.25 bits per heavy atom. The first-order chi connectivity index (χ1) is 9.65. The van der Waals surface area contributed by atoms with Crippen molar-refractivity contribution in [2.75, 3.05) is 19.7 Å². The molecule has 0 saturated heterocycles. The fourth-order valence-electron chi connectivity index (χ4n) is 2.21. The van der Waals surface area contributed by atoms with Crippen LogP contribution in [0.15, 0.2) is 18.2 Å². The molecule has 5 heteroatoms. The SMILES string of the molecule is CC(=O)NCCNC(=O)Cc1ccc2c(c1)CCCO2. The molecule has 0 aliphatic carbocycles. The Hall–Kier alpha value is -2.04. The van der Waals surface area contributed by atoms with Crippen molar-refractivity contribution < 1.29 is 14.3 Å². The summed E-state index contributed by atoms with van der Waals surface area (Å²) >= 11 is 0. The van der Waals surface area contributed by atoms with Crippen molar-refractivity contribution in [3.8, 4) is 5.75 Å². The number of hydrogen-bond donors (Lipinski definition) is 2. The van der Waals surface area contributed by atoms with Crippen LogP contribution in [0, 0.1) is 0 Å². The highest BCUT2D eigenvalue weighted by Crippen LogP contribution is 2.25. The molecule has 20 heavy (non-hydrogen) atoms. The Morgan fingerprint density at radius 3 is 2.85 bits per heavy atom. The van der Waals surface area contributed by atoms with Crippen molar-refractivity contribution in [3.05, 3.63) is 29.3 Å². The maximum atomic E-state index is 11.8. The van der Waals surface area contributed by atoms with Gasteiger partial charge in [-0.3, -0.25) is 9.59 Å². The number of benzene rings is 1. The van der Waals surface area contributed by atoms with Crippen LogP contribution in [0.4, 0.5) is 0 Å². The highest BCUT2D eigenvalue weighted by molar-refractivity contribution is 5.78. The minimum atomic E-state index is -0.0889. The van der Waals surface area contributed by atoms with Gasteiger partial charge in [-0.25, -0.2) is 0 Å². The van der Waals surface area contributed by atoms with Gasteiger partial charge in [0.25, 0.3) is 0 Å². The zero-order chi connectivity index (χ0) is 14.4.